The first-order valence-corrected chi connectivity index (χ1v) is 6.28. The zero-order valence-corrected chi connectivity index (χ0v) is 10.1. The van der Waals surface area contributed by atoms with E-state index in [1.165, 1.54) is 24.0 Å². The summed E-state index contributed by atoms with van der Waals surface area (Å²) in [5, 5.41) is 3.39. The molecule has 1 saturated heterocycles. The van der Waals surface area contributed by atoms with Gasteiger partial charge in [0.05, 0.1) is 0 Å². The zero-order chi connectivity index (χ0) is 11.4. The lowest BCUT2D eigenvalue weighted by Gasteiger charge is -2.25. The summed E-state index contributed by atoms with van der Waals surface area (Å²) in [4.78, 5) is 0. The lowest BCUT2D eigenvalue weighted by atomic mass is 9.88. The van der Waals surface area contributed by atoms with E-state index in [0.29, 0.717) is 0 Å². The summed E-state index contributed by atoms with van der Waals surface area (Å²) in [5.41, 5.74) is 8.84. The van der Waals surface area contributed by atoms with Crippen LogP contribution in [0.25, 0.3) is 0 Å². The number of aryl methyl sites for hydroxylation is 1. The van der Waals surface area contributed by atoms with Crippen molar-refractivity contribution in [2.24, 2.45) is 11.7 Å². The molecule has 1 unspecified atom stereocenters. The highest BCUT2D eigenvalue weighted by atomic mass is 14.9. The molecule has 1 aliphatic heterocycles. The second kappa shape index (κ2) is 5.46. The second-order valence-electron chi connectivity index (χ2n) is 4.95. The third-order valence-electron chi connectivity index (χ3n) is 3.55. The smallest absolute Gasteiger partial charge is 0.0297 e. The van der Waals surface area contributed by atoms with E-state index in [2.05, 4.69) is 36.5 Å². The molecule has 0 spiro atoms. The first-order chi connectivity index (χ1) is 7.75. The fourth-order valence-electron chi connectivity index (χ4n) is 2.43. The first kappa shape index (κ1) is 11.6. The van der Waals surface area contributed by atoms with Crippen LogP contribution in [-0.4, -0.2) is 13.1 Å². The number of benzene rings is 1. The molecular formula is C14H22N2. The van der Waals surface area contributed by atoms with Crippen molar-refractivity contribution < 1.29 is 0 Å². The molecule has 16 heavy (non-hydrogen) atoms. The van der Waals surface area contributed by atoms with Crippen molar-refractivity contribution in [3.8, 4) is 0 Å². The van der Waals surface area contributed by atoms with Gasteiger partial charge in [0.2, 0.25) is 0 Å². The molecule has 1 fully saturated rings. The lowest BCUT2D eigenvalue weighted by molar-refractivity contribution is 0.333. The maximum absolute atomic E-state index is 6.26. The lowest BCUT2D eigenvalue weighted by Crippen LogP contribution is -2.29. The number of hydrogen-bond acceptors (Lipinski definition) is 2. The Balaban J connectivity index is 1.91. The fraction of sp³-hybridized carbons (Fsp3) is 0.571. The van der Waals surface area contributed by atoms with Crippen molar-refractivity contribution in [2.75, 3.05) is 13.1 Å². The Morgan fingerprint density at radius 3 is 2.50 bits per heavy atom. The van der Waals surface area contributed by atoms with Gasteiger partial charge in [0.15, 0.2) is 0 Å². The Kier molecular flexibility index (Phi) is 3.97. The van der Waals surface area contributed by atoms with E-state index in [1.54, 1.807) is 0 Å². The molecule has 1 heterocycles. The van der Waals surface area contributed by atoms with E-state index in [-0.39, 0.29) is 6.04 Å². The van der Waals surface area contributed by atoms with Crippen LogP contribution in [0.5, 0.6) is 0 Å². The highest BCUT2D eigenvalue weighted by molar-refractivity contribution is 5.23. The summed E-state index contributed by atoms with van der Waals surface area (Å²) in [6.45, 7) is 4.43. The molecule has 0 bridgehead atoms. The number of hydrogen-bond donors (Lipinski definition) is 2. The van der Waals surface area contributed by atoms with Crippen LogP contribution in [0.1, 0.15) is 36.4 Å². The average Bonchev–Trinajstić information content (AvgIpc) is 2.31. The van der Waals surface area contributed by atoms with Gasteiger partial charge in [-0.3, -0.25) is 0 Å². The highest BCUT2D eigenvalue weighted by Gasteiger charge is 2.17. The van der Waals surface area contributed by atoms with Crippen LogP contribution in [0.15, 0.2) is 24.3 Å². The summed E-state index contributed by atoms with van der Waals surface area (Å²) in [5.74, 6) is 0.803. The van der Waals surface area contributed by atoms with Crippen molar-refractivity contribution in [2.45, 2.75) is 32.2 Å². The predicted octanol–water partition coefficient (Wildman–Crippen LogP) is 2.38. The molecule has 3 N–H and O–H groups in total. The van der Waals surface area contributed by atoms with E-state index >= 15 is 0 Å². The number of nitrogens with two attached hydrogens (primary N) is 1. The van der Waals surface area contributed by atoms with Gasteiger partial charge in [-0.2, -0.15) is 0 Å². The molecule has 88 valence electrons. The third-order valence-corrected chi connectivity index (χ3v) is 3.55. The largest absolute Gasteiger partial charge is 0.324 e. The standard InChI is InChI=1S/C14H22N2/c1-11-2-4-13(5-3-11)14(15)10-12-6-8-16-9-7-12/h2-5,12,14,16H,6-10,15H2,1H3. The molecule has 0 amide bonds. The van der Waals surface area contributed by atoms with Crippen molar-refractivity contribution >= 4 is 0 Å². The van der Waals surface area contributed by atoms with Gasteiger partial charge in [-0.05, 0) is 50.8 Å². The van der Waals surface area contributed by atoms with E-state index in [0.717, 1.165) is 25.4 Å². The SMILES string of the molecule is Cc1ccc(C(N)CC2CCNCC2)cc1. The Bertz CT molecular complexity index is 312. The van der Waals surface area contributed by atoms with Crippen LogP contribution in [0.2, 0.25) is 0 Å². The van der Waals surface area contributed by atoms with Gasteiger partial charge < -0.3 is 11.1 Å². The van der Waals surface area contributed by atoms with Gasteiger partial charge in [-0.15, -0.1) is 0 Å². The molecule has 1 aliphatic rings. The summed E-state index contributed by atoms with van der Waals surface area (Å²) >= 11 is 0. The first-order valence-electron chi connectivity index (χ1n) is 6.28. The van der Waals surface area contributed by atoms with Gasteiger partial charge in [0, 0.05) is 6.04 Å². The number of rotatable bonds is 3. The molecule has 0 aliphatic carbocycles. The quantitative estimate of drug-likeness (QED) is 0.817. The molecule has 2 nitrogen and oxygen atoms in total. The van der Waals surface area contributed by atoms with E-state index in [1.807, 2.05) is 0 Å². The zero-order valence-electron chi connectivity index (χ0n) is 10.1. The average molecular weight is 218 g/mol. The monoisotopic (exact) mass is 218 g/mol. The summed E-state index contributed by atoms with van der Waals surface area (Å²) in [7, 11) is 0. The number of piperidine rings is 1. The highest BCUT2D eigenvalue weighted by Crippen LogP contribution is 2.24. The van der Waals surface area contributed by atoms with Crippen molar-refractivity contribution in [1.82, 2.24) is 5.32 Å². The molecule has 2 rings (SSSR count). The van der Waals surface area contributed by atoms with Crippen LogP contribution in [0.3, 0.4) is 0 Å². The Hall–Kier alpha value is -0.860. The summed E-state index contributed by atoms with van der Waals surface area (Å²) in [6, 6.07) is 8.85. The predicted molar refractivity (Wildman–Crippen MR) is 68.3 cm³/mol. The van der Waals surface area contributed by atoms with Gasteiger partial charge in [-0.1, -0.05) is 29.8 Å². The van der Waals surface area contributed by atoms with Crippen molar-refractivity contribution in [3.63, 3.8) is 0 Å². The summed E-state index contributed by atoms with van der Waals surface area (Å²) < 4.78 is 0. The minimum Gasteiger partial charge on any atom is -0.324 e. The van der Waals surface area contributed by atoms with Gasteiger partial charge in [0.25, 0.3) is 0 Å². The second-order valence-corrected chi connectivity index (χ2v) is 4.95. The Morgan fingerprint density at radius 2 is 1.88 bits per heavy atom. The maximum atomic E-state index is 6.26. The van der Waals surface area contributed by atoms with Crippen LogP contribution < -0.4 is 11.1 Å². The van der Waals surface area contributed by atoms with E-state index in [4.69, 9.17) is 5.73 Å². The van der Waals surface area contributed by atoms with Crippen molar-refractivity contribution in [3.05, 3.63) is 35.4 Å². The van der Waals surface area contributed by atoms with Crippen LogP contribution in [-0.2, 0) is 0 Å². The minimum absolute atomic E-state index is 0.212. The Morgan fingerprint density at radius 1 is 1.25 bits per heavy atom. The summed E-state index contributed by atoms with van der Waals surface area (Å²) in [6.07, 6.45) is 3.68. The maximum Gasteiger partial charge on any atom is 0.0297 e. The van der Waals surface area contributed by atoms with Crippen LogP contribution >= 0.6 is 0 Å². The van der Waals surface area contributed by atoms with Crippen molar-refractivity contribution in [1.29, 1.82) is 0 Å². The third kappa shape index (κ3) is 3.06. The number of nitrogens with one attached hydrogen (secondary N) is 1. The van der Waals surface area contributed by atoms with Crippen LogP contribution in [0.4, 0.5) is 0 Å². The normalized spacial score (nSPS) is 19.6. The molecule has 1 atom stereocenters. The molecule has 0 saturated carbocycles. The van der Waals surface area contributed by atoms with E-state index in [9.17, 15) is 0 Å². The van der Waals surface area contributed by atoms with E-state index < -0.39 is 0 Å². The molecular weight excluding hydrogens is 196 g/mol. The molecule has 1 aromatic carbocycles. The van der Waals surface area contributed by atoms with Gasteiger partial charge in [-0.25, -0.2) is 0 Å². The topological polar surface area (TPSA) is 38.0 Å². The molecule has 2 heteroatoms. The molecule has 1 aromatic rings. The Labute approximate surface area is 98.2 Å². The van der Waals surface area contributed by atoms with Gasteiger partial charge in [0.1, 0.15) is 0 Å². The fourth-order valence-corrected chi connectivity index (χ4v) is 2.43. The molecule has 0 aromatic heterocycles. The van der Waals surface area contributed by atoms with Gasteiger partial charge >= 0.3 is 0 Å². The molecule has 0 radical (unpaired) electrons. The van der Waals surface area contributed by atoms with Crippen LogP contribution in [0, 0.1) is 12.8 Å². The minimum atomic E-state index is 0.212.